The van der Waals surface area contributed by atoms with Gasteiger partial charge in [0.15, 0.2) is 11.6 Å². The summed E-state index contributed by atoms with van der Waals surface area (Å²) in [4.78, 5) is 23.4. The van der Waals surface area contributed by atoms with E-state index in [0.717, 1.165) is 25.7 Å². The van der Waals surface area contributed by atoms with Crippen LogP contribution in [0.4, 0.5) is 4.39 Å². The molecule has 0 N–H and O–H groups in total. The van der Waals surface area contributed by atoms with E-state index in [-0.39, 0.29) is 29.8 Å². The summed E-state index contributed by atoms with van der Waals surface area (Å²) in [6, 6.07) is 3.05. The number of aromatic nitrogens is 3. The number of nitrogens with zero attached hydrogens (tertiary/aromatic N) is 3. The van der Waals surface area contributed by atoms with Gasteiger partial charge < -0.3 is 14.3 Å². The van der Waals surface area contributed by atoms with Crippen LogP contribution in [0, 0.1) is 11.7 Å². The van der Waals surface area contributed by atoms with Crippen molar-refractivity contribution in [2.45, 2.75) is 58.2 Å². The number of rotatable bonds is 8. The SMILES string of the molecule is CC(=O)C[C@@H](C)COC1CCC(Oc2ncc(-c3ncccn3)cc2F)CC1. The molecule has 3 rings (SSSR count). The number of Topliss-reactive ketones (excluding diaryl/α,β-unsaturated/α-hetero) is 1. The van der Waals surface area contributed by atoms with Gasteiger partial charge in [-0.2, -0.15) is 0 Å². The van der Waals surface area contributed by atoms with Crippen LogP contribution in [0.1, 0.15) is 46.0 Å². The van der Waals surface area contributed by atoms with E-state index in [2.05, 4.69) is 15.0 Å². The lowest BCUT2D eigenvalue weighted by molar-refractivity contribution is -0.118. The first-order valence-corrected chi connectivity index (χ1v) is 9.72. The van der Waals surface area contributed by atoms with Crippen LogP contribution in [0.15, 0.2) is 30.7 Å². The number of hydrogen-bond donors (Lipinski definition) is 0. The number of ketones is 1. The van der Waals surface area contributed by atoms with Gasteiger partial charge in [-0.1, -0.05) is 6.92 Å². The van der Waals surface area contributed by atoms with Crippen LogP contribution in [0.5, 0.6) is 5.88 Å². The van der Waals surface area contributed by atoms with Gasteiger partial charge in [-0.25, -0.2) is 19.3 Å². The van der Waals surface area contributed by atoms with Gasteiger partial charge in [-0.05, 0) is 50.7 Å². The highest BCUT2D eigenvalue weighted by atomic mass is 19.1. The topological polar surface area (TPSA) is 74.2 Å². The number of pyridine rings is 1. The van der Waals surface area contributed by atoms with Gasteiger partial charge in [0.05, 0.1) is 6.10 Å². The van der Waals surface area contributed by atoms with Crippen molar-refractivity contribution in [1.82, 2.24) is 15.0 Å². The van der Waals surface area contributed by atoms with Gasteiger partial charge in [-0.3, -0.25) is 0 Å². The normalized spacial score (nSPS) is 20.5. The number of carbonyl (C=O) groups excluding carboxylic acids is 1. The molecule has 0 radical (unpaired) electrons. The summed E-state index contributed by atoms with van der Waals surface area (Å²) in [5.74, 6) is 0.349. The van der Waals surface area contributed by atoms with E-state index >= 15 is 0 Å². The van der Waals surface area contributed by atoms with Crippen LogP contribution in [0.2, 0.25) is 0 Å². The largest absolute Gasteiger partial charge is 0.472 e. The second-order valence-electron chi connectivity index (χ2n) is 7.44. The summed E-state index contributed by atoms with van der Waals surface area (Å²) in [6.45, 7) is 4.22. The van der Waals surface area contributed by atoms with Gasteiger partial charge >= 0.3 is 0 Å². The van der Waals surface area contributed by atoms with E-state index in [9.17, 15) is 9.18 Å². The third-order valence-electron chi connectivity index (χ3n) is 4.78. The molecule has 1 aliphatic rings. The summed E-state index contributed by atoms with van der Waals surface area (Å²) < 4.78 is 26.1. The second kappa shape index (κ2) is 9.68. The quantitative estimate of drug-likeness (QED) is 0.682. The van der Waals surface area contributed by atoms with Crippen molar-refractivity contribution in [3.8, 4) is 17.3 Å². The van der Waals surface area contributed by atoms with Gasteiger partial charge in [0.2, 0.25) is 0 Å². The summed E-state index contributed by atoms with van der Waals surface area (Å²) in [7, 11) is 0. The summed E-state index contributed by atoms with van der Waals surface area (Å²) >= 11 is 0. The van der Waals surface area contributed by atoms with Gasteiger partial charge in [0.1, 0.15) is 11.9 Å². The molecule has 1 aliphatic carbocycles. The van der Waals surface area contributed by atoms with Crippen molar-refractivity contribution in [2.75, 3.05) is 6.61 Å². The van der Waals surface area contributed by atoms with Gasteiger partial charge in [0, 0.05) is 37.2 Å². The molecule has 2 aromatic heterocycles. The maximum atomic E-state index is 14.4. The minimum Gasteiger partial charge on any atom is -0.472 e. The molecule has 6 nitrogen and oxygen atoms in total. The Morgan fingerprint density at radius 3 is 2.50 bits per heavy atom. The smallest absolute Gasteiger partial charge is 0.250 e. The highest BCUT2D eigenvalue weighted by Crippen LogP contribution is 2.27. The molecule has 1 fully saturated rings. The Balaban J connectivity index is 1.48. The second-order valence-corrected chi connectivity index (χ2v) is 7.44. The third kappa shape index (κ3) is 5.79. The molecule has 0 saturated heterocycles. The minimum atomic E-state index is -0.513. The van der Waals surface area contributed by atoms with Crippen molar-refractivity contribution in [3.05, 3.63) is 36.5 Å². The zero-order valence-corrected chi connectivity index (χ0v) is 16.3. The van der Waals surface area contributed by atoms with Crippen LogP contribution in [0.3, 0.4) is 0 Å². The zero-order chi connectivity index (χ0) is 19.9. The van der Waals surface area contributed by atoms with E-state index in [1.165, 1.54) is 12.3 Å². The van der Waals surface area contributed by atoms with Crippen LogP contribution in [-0.2, 0) is 9.53 Å². The predicted molar refractivity (Wildman–Crippen MR) is 102 cm³/mol. The molecule has 7 heteroatoms. The monoisotopic (exact) mass is 387 g/mol. The lowest BCUT2D eigenvalue weighted by Gasteiger charge is -2.29. The molecule has 0 spiro atoms. The lowest BCUT2D eigenvalue weighted by Crippen LogP contribution is -2.30. The molecule has 0 bridgehead atoms. The molecule has 1 atom stereocenters. The Morgan fingerprint density at radius 1 is 1.18 bits per heavy atom. The summed E-state index contributed by atoms with van der Waals surface area (Å²) in [5, 5.41) is 0. The fourth-order valence-electron chi connectivity index (χ4n) is 3.41. The van der Waals surface area contributed by atoms with Crippen molar-refractivity contribution in [3.63, 3.8) is 0 Å². The Bertz CT molecular complexity index is 780. The van der Waals surface area contributed by atoms with Crippen LogP contribution < -0.4 is 4.74 Å². The van der Waals surface area contributed by atoms with Crippen LogP contribution >= 0.6 is 0 Å². The average molecular weight is 387 g/mol. The minimum absolute atomic E-state index is 0.0131. The fourth-order valence-corrected chi connectivity index (χ4v) is 3.41. The Morgan fingerprint density at radius 2 is 1.86 bits per heavy atom. The van der Waals surface area contributed by atoms with Crippen molar-refractivity contribution in [1.29, 1.82) is 0 Å². The first kappa shape index (κ1) is 20.3. The molecule has 28 heavy (non-hydrogen) atoms. The fraction of sp³-hybridized carbons (Fsp3) is 0.524. The van der Waals surface area contributed by atoms with E-state index < -0.39 is 5.82 Å². The number of hydrogen-bond acceptors (Lipinski definition) is 6. The highest BCUT2D eigenvalue weighted by molar-refractivity contribution is 5.75. The Kier molecular flexibility index (Phi) is 7.03. The maximum absolute atomic E-state index is 14.4. The summed E-state index contributed by atoms with van der Waals surface area (Å²) in [5.41, 5.74) is 0.516. The standard InChI is InChI=1S/C21H26FN3O3/c1-14(10-15(2)26)13-27-17-4-6-18(7-5-17)28-21-19(22)11-16(12-25-21)20-23-8-3-9-24-20/h3,8-9,11-12,14,17-18H,4-7,10,13H2,1-2H3/t14-,17?,18?/m1/s1. The Labute approximate surface area is 164 Å². The first-order chi connectivity index (χ1) is 13.5. The lowest BCUT2D eigenvalue weighted by atomic mass is 9.94. The molecule has 0 aromatic carbocycles. The maximum Gasteiger partial charge on any atom is 0.250 e. The Hall–Kier alpha value is -2.41. The first-order valence-electron chi connectivity index (χ1n) is 9.72. The number of ether oxygens (including phenoxy) is 2. The predicted octanol–water partition coefficient (Wildman–Crippen LogP) is 4.00. The molecule has 0 amide bonds. The molecular formula is C21H26FN3O3. The molecule has 2 heterocycles. The highest BCUT2D eigenvalue weighted by Gasteiger charge is 2.25. The van der Waals surface area contributed by atoms with Gasteiger partial charge in [0.25, 0.3) is 5.88 Å². The molecule has 0 unspecified atom stereocenters. The van der Waals surface area contributed by atoms with Crippen LogP contribution in [-0.4, -0.2) is 39.5 Å². The average Bonchev–Trinajstić information content (AvgIpc) is 2.69. The zero-order valence-electron chi connectivity index (χ0n) is 16.3. The van der Waals surface area contributed by atoms with E-state index in [4.69, 9.17) is 9.47 Å². The van der Waals surface area contributed by atoms with Crippen molar-refractivity contribution >= 4 is 5.78 Å². The van der Waals surface area contributed by atoms with Gasteiger partial charge in [-0.15, -0.1) is 0 Å². The molecule has 0 aliphatic heterocycles. The van der Waals surface area contributed by atoms with Crippen LogP contribution in [0.25, 0.3) is 11.4 Å². The molecule has 1 saturated carbocycles. The van der Waals surface area contributed by atoms with E-state index in [1.54, 1.807) is 25.4 Å². The van der Waals surface area contributed by atoms with Crippen molar-refractivity contribution in [2.24, 2.45) is 5.92 Å². The molecule has 2 aromatic rings. The third-order valence-corrected chi connectivity index (χ3v) is 4.78. The molecular weight excluding hydrogens is 361 g/mol. The van der Waals surface area contributed by atoms with Crippen molar-refractivity contribution < 1.29 is 18.7 Å². The summed E-state index contributed by atoms with van der Waals surface area (Å²) in [6.07, 6.45) is 8.67. The number of carbonyl (C=O) groups is 1. The van der Waals surface area contributed by atoms with E-state index in [0.29, 0.717) is 24.4 Å². The molecule has 150 valence electrons. The van der Waals surface area contributed by atoms with E-state index in [1.807, 2.05) is 6.92 Å². The number of halogens is 1.